The van der Waals surface area contributed by atoms with Gasteiger partial charge in [-0.1, -0.05) is 26.7 Å². The molecule has 0 unspecified atom stereocenters. The van der Waals surface area contributed by atoms with Crippen molar-refractivity contribution in [1.82, 2.24) is 0 Å². The first kappa shape index (κ1) is 21.1. The monoisotopic (exact) mass is 408 g/mol. The molecule has 1 heterocycles. The molecule has 1 saturated carbocycles. The van der Waals surface area contributed by atoms with Gasteiger partial charge in [-0.2, -0.15) is 0 Å². The van der Waals surface area contributed by atoms with Crippen LogP contribution in [0.4, 0.5) is 0 Å². The van der Waals surface area contributed by atoms with E-state index in [9.17, 15) is 0 Å². The summed E-state index contributed by atoms with van der Waals surface area (Å²) in [5.41, 5.74) is 5.94. The topological polar surface area (TPSA) is 27.7 Å². The molecule has 0 N–H and O–H groups in total. The Balaban J connectivity index is 1.76. The minimum Gasteiger partial charge on any atom is -0.493 e. The van der Waals surface area contributed by atoms with Crippen LogP contribution in [-0.2, 0) is 5.60 Å². The van der Waals surface area contributed by atoms with E-state index in [2.05, 4.69) is 52.0 Å². The highest BCUT2D eigenvalue weighted by Crippen LogP contribution is 2.54. The van der Waals surface area contributed by atoms with Crippen LogP contribution in [-0.4, -0.2) is 13.2 Å². The molecule has 3 nitrogen and oxygen atoms in total. The highest BCUT2D eigenvalue weighted by Gasteiger charge is 2.44. The molecule has 3 heteroatoms. The van der Waals surface area contributed by atoms with E-state index in [-0.39, 0.29) is 5.60 Å². The molecule has 30 heavy (non-hydrogen) atoms. The van der Waals surface area contributed by atoms with Crippen LogP contribution >= 0.6 is 0 Å². The number of fused-ring (bicyclic) bond motifs is 4. The van der Waals surface area contributed by atoms with Crippen LogP contribution in [0.3, 0.4) is 0 Å². The molecule has 0 aromatic heterocycles. The maximum absolute atomic E-state index is 6.79. The molecule has 0 bridgehead atoms. The summed E-state index contributed by atoms with van der Waals surface area (Å²) in [6.45, 7) is 10.2. The smallest absolute Gasteiger partial charge is 0.135 e. The van der Waals surface area contributed by atoms with E-state index in [1.54, 1.807) is 0 Å². The van der Waals surface area contributed by atoms with E-state index in [1.807, 2.05) is 0 Å². The standard InChI is InChI=1S/C27H36O3/c1-5-7-13-28-24-17-23-21(15-19(24)3)22-16-20(4)25(29-14-8-6-2)18-26(22)30-27(23)11-9-10-12-27/h15-18H,5-14H2,1-4H3. The Labute approximate surface area is 181 Å². The van der Waals surface area contributed by atoms with Gasteiger partial charge in [-0.05, 0) is 87.3 Å². The van der Waals surface area contributed by atoms with Crippen LogP contribution < -0.4 is 14.2 Å². The van der Waals surface area contributed by atoms with Gasteiger partial charge in [-0.25, -0.2) is 0 Å². The average molecular weight is 409 g/mol. The molecule has 0 saturated heterocycles. The molecule has 0 amide bonds. The molecule has 162 valence electrons. The SMILES string of the molecule is CCCCOc1cc2c(cc1C)-c1cc(C)c(OCCCC)cc1C1(CCCC1)O2. The largest absolute Gasteiger partial charge is 0.493 e. The fraction of sp³-hybridized carbons (Fsp3) is 0.556. The maximum atomic E-state index is 6.79. The first-order valence-corrected chi connectivity index (χ1v) is 11.8. The van der Waals surface area contributed by atoms with E-state index in [4.69, 9.17) is 14.2 Å². The van der Waals surface area contributed by atoms with Crippen molar-refractivity contribution in [2.75, 3.05) is 13.2 Å². The van der Waals surface area contributed by atoms with Crippen LogP contribution in [0.1, 0.15) is 81.9 Å². The second-order valence-electron chi connectivity index (χ2n) is 8.98. The summed E-state index contributed by atoms with van der Waals surface area (Å²) in [5, 5.41) is 0. The average Bonchev–Trinajstić information content (AvgIpc) is 3.19. The van der Waals surface area contributed by atoms with Crippen LogP contribution in [0.15, 0.2) is 24.3 Å². The van der Waals surface area contributed by atoms with Crippen molar-refractivity contribution in [3.8, 4) is 28.4 Å². The Morgan fingerprint density at radius 1 is 0.800 bits per heavy atom. The first-order chi connectivity index (χ1) is 14.6. The molecule has 1 spiro atoms. The Morgan fingerprint density at radius 3 is 1.97 bits per heavy atom. The maximum Gasteiger partial charge on any atom is 0.135 e. The van der Waals surface area contributed by atoms with Gasteiger partial charge in [0.1, 0.15) is 22.8 Å². The molecule has 1 aliphatic heterocycles. The Kier molecular flexibility index (Phi) is 6.26. The van der Waals surface area contributed by atoms with Crippen LogP contribution in [0, 0.1) is 13.8 Å². The Bertz CT molecular complexity index is 893. The predicted molar refractivity (Wildman–Crippen MR) is 123 cm³/mol. The highest BCUT2D eigenvalue weighted by atomic mass is 16.5. The third-order valence-corrected chi connectivity index (χ3v) is 6.60. The van der Waals surface area contributed by atoms with Gasteiger partial charge in [0, 0.05) is 17.2 Å². The summed E-state index contributed by atoms with van der Waals surface area (Å²) in [5.74, 6) is 2.94. The summed E-state index contributed by atoms with van der Waals surface area (Å²) in [4.78, 5) is 0. The van der Waals surface area contributed by atoms with Crippen molar-refractivity contribution in [1.29, 1.82) is 0 Å². The van der Waals surface area contributed by atoms with Crippen LogP contribution in [0.25, 0.3) is 11.1 Å². The van der Waals surface area contributed by atoms with E-state index < -0.39 is 0 Å². The molecule has 1 fully saturated rings. The molecule has 2 aromatic carbocycles. The van der Waals surface area contributed by atoms with Gasteiger partial charge in [0.05, 0.1) is 13.2 Å². The first-order valence-electron chi connectivity index (χ1n) is 11.8. The zero-order valence-electron chi connectivity index (χ0n) is 19.1. The fourth-order valence-corrected chi connectivity index (χ4v) is 4.80. The number of hydrogen-bond acceptors (Lipinski definition) is 3. The number of aryl methyl sites for hydroxylation is 2. The lowest BCUT2D eigenvalue weighted by molar-refractivity contribution is 0.0704. The number of unbranched alkanes of at least 4 members (excludes halogenated alkanes) is 2. The quantitative estimate of drug-likeness (QED) is 0.423. The summed E-state index contributed by atoms with van der Waals surface area (Å²) in [6.07, 6.45) is 8.99. The van der Waals surface area contributed by atoms with Crippen molar-refractivity contribution in [2.24, 2.45) is 0 Å². The van der Waals surface area contributed by atoms with Gasteiger partial charge in [-0.15, -0.1) is 0 Å². The van der Waals surface area contributed by atoms with E-state index >= 15 is 0 Å². The van der Waals surface area contributed by atoms with E-state index in [0.29, 0.717) is 0 Å². The number of ether oxygens (including phenoxy) is 3. The van der Waals surface area contributed by atoms with Crippen molar-refractivity contribution < 1.29 is 14.2 Å². The summed E-state index contributed by atoms with van der Waals surface area (Å²) >= 11 is 0. The lowest BCUT2D eigenvalue weighted by atomic mass is 9.81. The number of benzene rings is 2. The summed E-state index contributed by atoms with van der Waals surface area (Å²) < 4.78 is 19.0. The van der Waals surface area contributed by atoms with Gasteiger partial charge in [-0.3, -0.25) is 0 Å². The molecule has 0 radical (unpaired) electrons. The Hall–Kier alpha value is -2.16. The van der Waals surface area contributed by atoms with Crippen LogP contribution in [0.5, 0.6) is 17.2 Å². The normalized spacial score (nSPS) is 16.1. The molecule has 4 rings (SSSR count). The molecular weight excluding hydrogens is 372 g/mol. The van der Waals surface area contributed by atoms with Crippen molar-refractivity contribution in [2.45, 2.75) is 84.7 Å². The summed E-state index contributed by atoms with van der Waals surface area (Å²) in [7, 11) is 0. The predicted octanol–water partition coefficient (Wildman–Crippen LogP) is 7.49. The Morgan fingerprint density at radius 2 is 1.37 bits per heavy atom. The van der Waals surface area contributed by atoms with Crippen molar-refractivity contribution in [3.63, 3.8) is 0 Å². The van der Waals surface area contributed by atoms with Gasteiger partial charge >= 0.3 is 0 Å². The lowest BCUT2D eigenvalue weighted by Gasteiger charge is -2.38. The third-order valence-electron chi connectivity index (χ3n) is 6.60. The van der Waals surface area contributed by atoms with Gasteiger partial charge in [0.25, 0.3) is 0 Å². The second kappa shape index (κ2) is 8.91. The van der Waals surface area contributed by atoms with E-state index in [0.717, 1.165) is 69.0 Å². The lowest BCUT2D eigenvalue weighted by Crippen LogP contribution is -2.33. The summed E-state index contributed by atoms with van der Waals surface area (Å²) in [6, 6.07) is 8.96. The minimum absolute atomic E-state index is 0.227. The van der Waals surface area contributed by atoms with Crippen LogP contribution in [0.2, 0.25) is 0 Å². The van der Waals surface area contributed by atoms with Gasteiger partial charge in [0.2, 0.25) is 0 Å². The molecular formula is C27H36O3. The zero-order valence-corrected chi connectivity index (χ0v) is 19.1. The zero-order chi connectivity index (χ0) is 21.1. The molecule has 1 aliphatic carbocycles. The minimum atomic E-state index is -0.227. The van der Waals surface area contributed by atoms with Crippen molar-refractivity contribution in [3.05, 3.63) is 41.0 Å². The molecule has 2 aromatic rings. The van der Waals surface area contributed by atoms with E-state index in [1.165, 1.54) is 40.7 Å². The third kappa shape index (κ3) is 3.91. The highest BCUT2D eigenvalue weighted by molar-refractivity contribution is 5.80. The molecule has 2 aliphatic rings. The van der Waals surface area contributed by atoms with Gasteiger partial charge in [0.15, 0.2) is 0 Å². The fourth-order valence-electron chi connectivity index (χ4n) is 4.80. The number of hydrogen-bond donors (Lipinski definition) is 0. The van der Waals surface area contributed by atoms with Gasteiger partial charge < -0.3 is 14.2 Å². The second-order valence-corrected chi connectivity index (χ2v) is 8.98. The number of rotatable bonds is 8. The molecule has 0 atom stereocenters. The van der Waals surface area contributed by atoms with Crippen molar-refractivity contribution >= 4 is 0 Å².